The van der Waals surface area contributed by atoms with Gasteiger partial charge in [-0.05, 0) is 72.1 Å². The Balaban J connectivity index is 1.42. The molecule has 1 amide bonds. The summed E-state index contributed by atoms with van der Waals surface area (Å²) < 4.78 is 43.4. The Morgan fingerprint density at radius 3 is 2.26 bits per heavy atom. The first-order valence-corrected chi connectivity index (χ1v) is 11.6. The van der Waals surface area contributed by atoms with Crippen LogP contribution in [-0.4, -0.2) is 25.5 Å². The number of benzene rings is 2. The highest BCUT2D eigenvalue weighted by molar-refractivity contribution is 9.10. The molecule has 2 heterocycles. The van der Waals surface area contributed by atoms with E-state index in [9.17, 15) is 18.0 Å². The number of hydrogen-bond acceptors (Lipinski definition) is 3. The number of carbonyl (C=O) groups excluding carboxylic acids is 1. The van der Waals surface area contributed by atoms with Crippen molar-refractivity contribution < 1.29 is 18.0 Å². The topological polar surface area (TPSA) is 64.7 Å². The number of anilines is 1. The van der Waals surface area contributed by atoms with Crippen molar-refractivity contribution in [2.45, 2.75) is 40.0 Å². The van der Waals surface area contributed by atoms with Crippen LogP contribution in [0.1, 0.15) is 44.1 Å². The molecule has 0 saturated heterocycles. The highest BCUT2D eigenvalue weighted by Crippen LogP contribution is 2.29. The van der Waals surface area contributed by atoms with Gasteiger partial charge in [-0.2, -0.15) is 23.4 Å². The first kappa shape index (κ1) is 24.7. The number of amides is 1. The minimum absolute atomic E-state index is 0.156. The number of carbonyl (C=O) groups is 1. The normalized spacial score (nSPS) is 11.6. The highest BCUT2D eigenvalue weighted by Gasteiger charge is 2.30. The number of alkyl halides is 3. The van der Waals surface area contributed by atoms with Crippen LogP contribution in [-0.2, 0) is 19.3 Å². The summed E-state index contributed by atoms with van der Waals surface area (Å²) in [6.45, 7) is 6.44. The lowest BCUT2D eigenvalue weighted by atomic mass is 10.1. The smallest absolute Gasteiger partial charge is 0.305 e. The summed E-state index contributed by atoms with van der Waals surface area (Å²) in [6, 6.07) is 14.0. The van der Waals surface area contributed by atoms with Gasteiger partial charge >= 0.3 is 6.18 Å². The molecule has 0 atom stereocenters. The Morgan fingerprint density at radius 1 is 0.943 bits per heavy atom. The van der Waals surface area contributed by atoms with Crippen LogP contribution in [0.3, 0.4) is 0 Å². The number of hydrogen-bond donors (Lipinski definition) is 1. The van der Waals surface area contributed by atoms with Crippen LogP contribution in [0.25, 0.3) is 0 Å². The van der Waals surface area contributed by atoms with Crippen molar-refractivity contribution in [3.8, 4) is 0 Å². The first-order chi connectivity index (χ1) is 16.5. The van der Waals surface area contributed by atoms with Gasteiger partial charge in [0.25, 0.3) is 5.91 Å². The van der Waals surface area contributed by atoms with Gasteiger partial charge in [0.05, 0.1) is 34.5 Å². The highest BCUT2D eigenvalue weighted by atomic mass is 79.9. The molecule has 0 aliphatic heterocycles. The van der Waals surface area contributed by atoms with Crippen LogP contribution in [0.15, 0.2) is 59.1 Å². The van der Waals surface area contributed by atoms with Gasteiger partial charge in [-0.3, -0.25) is 14.2 Å². The minimum Gasteiger partial charge on any atom is -0.305 e. The summed E-state index contributed by atoms with van der Waals surface area (Å²) in [6.07, 6.45) is -4.41. The molecule has 6 nitrogen and oxygen atoms in total. The zero-order chi connectivity index (χ0) is 25.3. The number of aromatic nitrogens is 4. The Kier molecular flexibility index (Phi) is 6.84. The fourth-order valence-electron chi connectivity index (χ4n) is 3.70. The summed E-state index contributed by atoms with van der Waals surface area (Å²) in [4.78, 5) is 12.7. The zero-order valence-corrected chi connectivity index (χ0v) is 20.9. The lowest BCUT2D eigenvalue weighted by Gasteiger charge is -2.09. The van der Waals surface area contributed by atoms with Crippen molar-refractivity contribution in [2.75, 3.05) is 5.32 Å². The van der Waals surface area contributed by atoms with E-state index in [2.05, 4.69) is 31.4 Å². The van der Waals surface area contributed by atoms with E-state index in [4.69, 9.17) is 0 Å². The van der Waals surface area contributed by atoms with E-state index in [-0.39, 0.29) is 12.5 Å². The molecular formula is C25H23BrF3N5O. The van der Waals surface area contributed by atoms with Gasteiger partial charge in [0.15, 0.2) is 5.82 Å². The number of halogens is 4. The van der Waals surface area contributed by atoms with E-state index in [0.717, 1.165) is 33.6 Å². The van der Waals surface area contributed by atoms with Gasteiger partial charge in [0, 0.05) is 17.3 Å². The van der Waals surface area contributed by atoms with Crippen LogP contribution in [0, 0.1) is 20.8 Å². The van der Waals surface area contributed by atoms with E-state index in [0.29, 0.717) is 29.2 Å². The van der Waals surface area contributed by atoms with Crippen molar-refractivity contribution >= 4 is 27.7 Å². The fraction of sp³-hybridized carbons (Fsp3) is 0.240. The summed E-state index contributed by atoms with van der Waals surface area (Å²) >= 11 is 3.52. The third kappa shape index (κ3) is 5.64. The molecule has 0 saturated carbocycles. The van der Waals surface area contributed by atoms with Crippen LogP contribution >= 0.6 is 15.9 Å². The molecule has 0 spiro atoms. The molecule has 4 rings (SSSR count). The second-order valence-electron chi connectivity index (χ2n) is 8.32. The van der Waals surface area contributed by atoms with E-state index < -0.39 is 11.7 Å². The first-order valence-electron chi connectivity index (χ1n) is 10.8. The predicted molar refractivity (Wildman–Crippen MR) is 130 cm³/mol. The molecule has 0 bridgehead atoms. The minimum atomic E-state index is -4.41. The van der Waals surface area contributed by atoms with Crippen molar-refractivity contribution in [3.63, 3.8) is 0 Å². The van der Waals surface area contributed by atoms with Gasteiger partial charge in [-0.25, -0.2) is 0 Å². The Hall–Kier alpha value is -3.40. The molecule has 1 N–H and O–H groups in total. The van der Waals surface area contributed by atoms with Crippen LogP contribution < -0.4 is 5.32 Å². The maximum Gasteiger partial charge on any atom is 0.416 e. The van der Waals surface area contributed by atoms with Gasteiger partial charge < -0.3 is 5.32 Å². The Bertz CT molecular complexity index is 1370. The molecule has 4 aromatic rings. The number of nitrogens with one attached hydrogen (secondary N) is 1. The van der Waals surface area contributed by atoms with Crippen molar-refractivity contribution in [1.82, 2.24) is 19.6 Å². The van der Waals surface area contributed by atoms with Gasteiger partial charge in [-0.15, -0.1) is 0 Å². The fourth-order valence-corrected chi connectivity index (χ4v) is 3.99. The third-order valence-corrected chi connectivity index (χ3v) is 6.80. The molecule has 0 aliphatic carbocycles. The number of rotatable bonds is 6. The zero-order valence-electron chi connectivity index (χ0n) is 19.3. The van der Waals surface area contributed by atoms with Crippen molar-refractivity contribution in [3.05, 3.63) is 98.4 Å². The maximum atomic E-state index is 13.0. The summed E-state index contributed by atoms with van der Waals surface area (Å²) in [5.41, 5.74) is 3.89. The molecule has 0 radical (unpaired) electrons. The van der Waals surface area contributed by atoms with E-state index in [1.54, 1.807) is 35.9 Å². The SMILES string of the molecule is Cc1nn(Cc2ccc(C(=O)Nc3cc(C)n(Cc4cccc(C(F)(F)F)c4)n3)cc2)c(C)c1Br. The molecular weight excluding hydrogens is 523 g/mol. The van der Waals surface area contributed by atoms with Crippen molar-refractivity contribution in [1.29, 1.82) is 0 Å². The van der Waals surface area contributed by atoms with Crippen LogP contribution in [0.5, 0.6) is 0 Å². The second kappa shape index (κ2) is 9.69. The van der Waals surface area contributed by atoms with E-state index in [1.165, 1.54) is 6.07 Å². The van der Waals surface area contributed by atoms with Crippen molar-refractivity contribution in [2.24, 2.45) is 0 Å². The second-order valence-corrected chi connectivity index (χ2v) is 9.11. The average molecular weight is 546 g/mol. The number of nitrogens with zero attached hydrogens (tertiary/aromatic N) is 4. The van der Waals surface area contributed by atoms with Crippen LogP contribution in [0.4, 0.5) is 19.0 Å². The molecule has 2 aromatic carbocycles. The largest absolute Gasteiger partial charge is 0.416 e. The van der Waals surface area contributed by atoms with E-state index >= 15 is 0 Å². The predicted octanol–water partition coefficient (Wildman–Crippen LogP) is 6.14. The molecule has 2 aromatic heterocycles. The summed E-state index contributed by atoms with van der Waals surface area (Å²) in [7, 11) is 0. The molecule has 0 unspecified atom stereocenters. The maximum absolute atomic E-state index is 13.0. The van der Waals surface area contributed by atoms with Crippen LogP contribution in [0.2, 0.25) is 0 Å². The lowest BCUT2D eigenvalue weighted by Crippen LogP contribution is -2.13. The Morgan fingerprint density at radius 2 is 1.63 bits per heavy atom. The standard InChI is InChI=1S/C25H23BrF3N5O/c1-15-11-22(32-33(15)14-19-5-4-6-21(12-19)25(27,28)29)30-24(35)20-9-7-18(8-10-20)13-34-17(3)23(26)16(2)31-34/h4-12H,13-14H2,1-3H3,(H,30,32,35). The summed E-state index contributed by atoms with van der Waals surface area (Å²) in [5.74, 6) is 0.00479. The monoisotopic (exact) mass is 545 g/mol. The summed E-state index contributed by atoms with van der Waals surface area (Å²) in [5, 5.41) is 11.6. The average Bonchev–Trinajstić information content (AvgIpc) is 3.26. The van der Waals surface area contributed by atoms with Gasteiger partial charge in [-0.1, -0.05) is 24.3 Å². The molecule has 182 valence electrons. The molecule has 0 aliphatic rings. The number of aryl methyl sites for hydroxylation is 2. The van der Waals surface area contributed by atoms with E-state index in [1.807, 2.05) is 30.7 Å². The quantitative estimate of drug-likeness (QED) is 0.316. The van der Waals surface area contributed by atoms with Gasteiger partial charge in [0.1, 0.15) is 0 Å². The Labute approximate surface area is 208 Å². The van der Waals surface area contributed by atoms with Gasteiger partial charge in [0.2, 0.25) is 0 Å². The molecule has 0 fully saturated rings. The lowest BCUT2D eigenvalue weighted by molar-refractivity contribution is -0.137. The molecule has 10 heteroatoms. The third-order valence-electron chi connectivity index (χ3n) is 5.65. The molecule has 35 heavy (non-hydrogen) atoms.